The molecule has 0 aliphatic heterocycles. The number of nitrogens with zero attached hydrogens (tertiary/aromatic N) is 2. The Labute approximate surface area is 124 Å². The Morgan fingerprint density at radius 1 is 1.24 bits per heavy atom. The van der Waals surface area contributed by atoms with Gasteiger partial charge in [0, 0.05) is 18.3 Å². The second-order valence-corrected chi connectivity index (χ2v) is 5.46. The minimum Gasteiger partial charge on any atom is -0.345 e. The number of alkyl halides is 3. The number of aromatic nitrogens is 1. The van der Waals surface area contributed by atoms with Gasteiger partial charge < -0.3 is 10.2 Å². The molecule has 1 atom stereocenters. The molecular weight excluding hydrogens is 279 g/mol. The molecule has 0 spiro atoms. The fourth-order valence-corrected chi connectivity index (χ4v) is 2.02. The molecule has 6 heteroatoms. The zero-order valence-electron chi connectivity index (χ0n) is 13.0. The Kier molecular flexibility index (Phi) is 6.45. The molecule has 0 aliphatic carbocycles. The topological polar surface area (TPSA) is 28.2 Å². The maximum absolute atomic E-state index is 12.6. The lowest BCUT2D eigenvalue weighted by Crippen LogP contribution is -2.39. The number of anilines is 1. The minimum atomic E-state index is -4.24. The largest absolute Gasteiger partial charge is 0.405 e. The van der Waals surface area contributed by atoms with Gasteiger partial charge in [0.05, 0.1) is 0 Å². The number of hydrogen-bond donors (Lipinski definition) is 1. The number of pyridine rings is 1. The molecule has 0 fully saturated rings. The molecule has 0 aromatic carbocycles. The molecule has 0 saturated carbocycles. The predicted octanol–water partition coefficient (Wildman–Crippen LogP) is 3.92. The van der Waals surface area contributed by atoms with E-state index in [1.165, 1.54) is 4.90 Å². The first-order valence-corrected chi connectivity index (χ1v) is 7.27. The zero-order valence-corrected chi connectivity index (χ0v) is 13.0. The van der Waals surface area contributed by atoms with E-state index >= 15 is 0 Å². The third kappa shape index (κ3) is 5.91. The average molecular weight is 303 g/mol. The summed E-state index contributed by atoms with van der Waals surface area (Å²) in [6.07, 6.45) is -1.56. The summed E-state index contributed by atoms with van der Waals surface area (Å²) in [5.74, 6) is 0.355. The van der Waals surface area contributed by atoms with Crippen molar-refractivity contribution in [1.29, 1.82) is 0 Å². The molecule has 21 heavy (non-hydrogen) atoms. The van der Waals surface area contributed by atoms with Gasteiger partial charge in [0.25, 0.3) is 0 Å². The molecule has 1 unspecified atom stereocenters. The van der Waals surface area contributed by atoms with Crippen LogP contribution in [-0.4, -0.2) is 30.3 Å². The van der Waals surface area contributed by atoms with Crippen LogP contribution in [0.5, 0.6) is 0 Å². The summed E-state index contributed by atoms with van der Waals surface area (Å²) in [6.45, 7) is 7.47. The van der Waals surface area contributed by atoms with Crippen LogP contribution in [0.25, 0.3) is 0 Å². The second kappa shape index (κ2) is 7.64. The van der Waals surface area contributed by atoms with Crippen molar-refractivity contribution >= 4 is 5.82 Å². The lowest BCUT2D eigenvalue weighted by Gasteiger charge is -2.29. The Bertz CT molecular complexity index is 415. The van der Waals surface area contributed by atoms with E-state index in [-0.39, 0.29) is 12.1 Å². The van der Waals surface area contributed by atoms with Crippen molar-refractivity contribution in [3.63, 3.8) is 0 Å². The first-order chi connectivity index (χ1) is 9.74. The molecule has 1 aromatic rings. The molecular formula is C15H24F3N3. The Hall–Kier alpha value is -1.30. The van der Waals surface area contributed by atoms with E-state index < -0.39 is 12.7 Å². The van der Waals surface area contributed by atoms with Crippen LogP contribution in [0.3, 0.4) is 0 Å². The van der Waals surface area contributed by atoms with Crippen LogP contribution >= 0.6 is 0 Å². The van der Waals surface area contributed by atoms with Gasteiger partial charge in [-0.05, 0) is 45.4 Å². The SMILES string of the molecule is CCCNC(C)c1ccc(N(CC(F)(F)F)C(C)C)nc1. The van der Waals surface area contributed by atoms with E-state index in [4.69, 9.17) is 0 Å². The predicted molar refractivity (Wildman–Crippen MR) is 79.5 cm³/mol. The molecule has 0 bridgehead atoms. The smallest absolute Gasteiger partial charge is 0.345 e. The van der Waals surface area contributed by atoms with Crippen molar-refractivity contribution in [2.45, 2.75) is 52.4 Å². The van der Waals surface area contributed by atoms with Gasteiger partial charge in [-0.1, -0.05) is 13.0 Å². The lowest BCUT2D eigenvalue weighted by atomic mass is 10.1. The van der Waals surface area contributed by atoms with Crippen LogP contribution in [0.1, 0.15) is 45.7 Å². The van der Waals surface area contributed by atoms with Crippen molar-refractivity contribution in [3.05, 3.63) is 23.9 Å². The molecule has 1 aromatic heterocycles. The van der Waals surface area contributed by atoms with Crippen molar-refractivity contribution in [2.24, 2.45) is 0 Å². The highest BCUT2D eigenvalue weighted by Gasteiger charge is 2.32. The highest BCUT2D eigenvalue weighted by molar-refractivity contribution is 5.41. The number of nitrogens with one attached hydrogen (secondary N) is 1. The molecule has 0 radical (unpaired) electrons. The van der Waals surface area contributed by atoms with Gasteiger partial charge >= 0.3 is 6.18 Å². The van der Waals surface area contributed by atoms with E-state index in [2.05, 4.69) is 17.2 Å². The first-order valence-electron chi connectivity index (χ1n) is 7.27. The van der Waals surface area contributed by atoms with Gasteiger partial charge in [0.15, 0.2) is 0 Å². The van der Waals surface area contributed by atoms with Gasteiger partial charge in [-0.25, -0.2) is 4.98 Å². The van der Waals surface area contributed by atoms with Gasteiger partial charge in [0.2, 0.25) is 0 Å². The van der Waals surface area contributed by atoms with E-state index in [1.807, 2.05) is 13.0 Å². The molecule has 1 heterocycles. The molecule has 0 saturated heterocycles. The van der Waals surface area contributed by atoms with Crippen molar-refractivity contribution < 1.29 is 13.2 Å². The summed E-state index contributed by atoms with van der Waals surface area (Å²) < 4.78 is 37.9. The summed E-state index contributed by atoms with van der Waals surface area (Å²) in [6, 6.07) is 3.37. The lowest BCUT2D eigenvalue weighted by molar-refractivity contribution is -0.120. The maximum atomic E-state index is 12.6. The first kappa shape index (κ1) is 17.8. The summed E-state index contributed by atoms with van der Waals surface area (Å²) in [4.78, 5) is 5.46. The standard InChI is InChI=1S/C15H24F3N3/c1-5-8-19-12(4)13-6-7-14(20-9-13)21(11(2)3)10-15(16,17)18/h6-7,9,11-12,19H,5,8,10H2,1-4H3. The maximum Gasteiger partial charge on any atom is 0.405 e. The Balaban J connectivity index is 2.83. The van der Waals surface area contributed by atoms with Crippen LogP contribution in [0.15, 0.2) is 18.3 Å². The Morgan fingerprint density at radius 3 is 2.33 bits per heavy atom. The molecule has 120 valence electrons. The van der Waals surface area contributed by atoms with Gasteiger partial charge in [0.1, 0.15) is 12.4 Å². The van der Waals surface area contributed by atoms with E-state index in [0.29, 0.717) is 5.82 Å². The van der Waals surface area contributed by atoms with Crippen LogP contribution in [-0.2, 0) is 0 Å². The van der Waals surface area contributed by atoms with Crippen molar-refractivity contribution in [2.75, 3.05) is 18.0 Å². The minimum absolute atomic E-state index is 0.140. The summed E-state index contributed by atoms with van der Waals surface area (Å²) >= 11 is 0. The number of rotatable bonds is 7. The third-order valence-electron chi connectivity index (χ3n) is 3.24. The highest BCUT2D eigenvalue weighted by atomic mass is 19.4. The monoisotopic (exact) mass is 303 g/mol. The van der Waals surface area contributed by atoms with Gasteiger partial charge in [-0.15, -0.1) is 0 Å². The van der Waals surface area contributed by atoms with Crippen LogP contribution in [0.2, 0.25) is 0 Å². The number of halogens is 3. The normalized spacial score (nSPS) is 13.5. The fraction of sp³-hybridized carbons (Fsp3) is 0.667. The van der Waals surface area contributed by atoms with Crippen LogP contribution < -0.4 is 10.2 Å². The average Bonchev–Trinajstić information content (AvgIpc) is 2.41. The summed E-state index contributed by atoms with van der Waals surface area (Å²) in [5, 5.41) is 3.32. The van der Waals surface area contributed by atoms with Crippen LogP contribution in [0.4, 0.5) is 19.0 Å². The quantitative estimate of drug-likeness (QED) is 0.827. The van der Waals surface area contributed by atoms with E-state index in [0.717, 1.165) is 18.5 Å². The highest BCUT2D eigenvalue weighted by Crippen LogP contribution is 2.23. The molecule has 3 nitrogen and oxygen atoms in total. The van der Waals surface area contributed by atoms with Gasteiger partial charge in [-0.2, -0.15) is 13.2 Å². The number of hydrogen-bond acceptors (Lipinski definition) is 3. The van der Waals surface area contributed by atoms with Crippen molar-refractivity contribution in [1.82, 2.24) is 10.3 Å². The van der Waals surface area contributed by atoms with Crippen molar-refractivity contribution in [3.8, 4) is 0 Å². The van der Waals surface area contributed by atoms with E-state index in [9.17, 15) is 13.2 Å². The molecule has 0 amide bonds. The molecule has 1 N–H and O–H groups in total. The Morgan fingerprint density at radius 2 is 1.90 bits per heavy atom. The van der Waals surface area contributed by atoms with Gasteiger partial charge in [-0.3, -0.25) is 0 Å². The second-order valence-electron chi connectivity index (χ2n) is 5.46. The summed E-state index contributed by atoms with van der Waals surface area (Å²) in [7, 11) is 0. The third-order valence-corrected chi connectivity index (χ3v) is 3.24. The zero-order chi connectivity index (χ0) is 16.0. The van der Waals surface area contributed by atoms with Crippen LogP contribution in [0, 0.1) is 0 Å². The summed E-state index contributed by atoms with van der Waals surface area (Å²) in [5.41, 5.74) is 0.975. The van der Waals surface area contributed by atoms with E-state index in [1.54, 1.807) is 26.1 Å². The molecule has 0 aliphatic rings. The fourth-order valence-electron chi connectivity index (χ4n) is 2.02. The molecule has 1 rings (SSSR count).